The van der Waals surface area contributed by atoms with Crippen molar-refractivity contribution in [1.82, 2.24) is 0 Å². The second-order valence-electron chi connectivity index (χ2n) is 4.03. The molecule has 0 bridgehead atoms. The van der Waals surface area contributed by atoms with Crippen molar-refractivity contribution in [3.05, 3.63) is 23.5 Å². The highest BCUT2D eigenvalue weighted by Gasteiger charge is 2.37. The summed E-state index contributed by atoms with van der Waals surface area (Å²) in [6.45, 7) is 3.87. The van der Waals surface area contributed by atoms with Crippen LogP contribution in [0.3, 0.4) is 0 Å². The fraction of sp³-hybridized carbons (Fsp3) is 0.667. The Kier molecular flexibility index (Phi) is 3.94. The Balaban J connectivity index is 2.82. The first-order chi connectivity index (χ1) is 7.05. The van der Waals surface area contributed by atoms with Gasteiger partial charge in [-0.1, -0.05) is 19.4 Å². The highest BCUT2D eigenvalue weighted by atomic mass is 16.6. The smallest absolute Gasteiger partial charge is 0.195 e. The van der Waals surface area contributed by atoms with E-state index < -0.39 is 11.7 Å². The van der Waals surface area contributed by atoms with E-state index in [-0.39, 0.29) is 5.76 Å². The van der Waals surface area contributed by atoms with Crippen LogP contribution in [-0.2, 0) is 4.74 Å². The Bertz CT molecular complexity index is 281. The zero-order chi connectivity index (χ0) is 11.5. The van der Waals surface area contributed by atoms with Crippen molar-refractivity contribution < 1.29 is 14.9 Å². The van der Waals surface area contributed by atoms with Crippen molar-refractivity contribution in [3.63, 3.8) is 0 Å². The SMILES string of the molecule is CCCCC1=C(O)C(C)C(O)(OC)C=C1. The van der Waals surface area contributed by atoms with Crippen LogP contribution in [0.15, 0.2) is 23.5 Å². The molecule has 0 aromatic heterocycles. The summed E-state index contributed by atoms with van der Waals surface area (Å²) < 4.78 is 4.99. The van der Waals surface area contributed by atoms with E-state index in [0.717, 1.165) is 24.8 Å². The van der Waals surface area contributed by atoms with E-state index in [9.17, 15) is 10.2 Å². The van der Waals surface area contributed by atoms with Crippen molar-refractivity contribution in [2.75, 3.05) is 7.11 Å². The summed E-state index contributed by atoms with van der Waals surface area (Å²) in [6, 6.07) is 0. The monoisotopic (exact) mass is 212 g/mol. The van der Waals surface area contributed by atoms with Crippen LogP contribution in [0, 0.1) is 5.92 Å². The molecule has 2 N–H and O–H groups in total. The third-order valence-corrected chi connectivity index (χ3v) is 3.01. The predicted octanol–water partition coefficient (Wildman–Crippen LogP) is 2.53. The van der Waals surface area contributed by atoms with E-state index >= 15 is 0 Å². The van der Waals surface area contributed by atoms with E-state index in [1.165, 1.54) is 7.11 Å². The molecule has 1 rings (SSSR count). The molecule has 15 heavy (non-hydrogen) atoms. The van der Waals surface area contributed by atoms with E-state index in [4.69, 9.17) is 4.74 Å². The van der Waals surface area contributed by atoms with Crippen LogP contribution in [0.1, 0.15) is 33.1 Å². The van der Waals surface area contributed by atoms with Gasteiger partial charge >= 0.3 is 0 Å². The normalized spacial score (nSPS) is 31.1. The maximum absolute atomic E-state index is 9.96. The van der Waals surface area contributed by atoms with Crippen LogP contribution in [-0.4, -0.2) is 23.1 Å². The summed E-state index contributed by atoms with van der Waals surface area (Å²) in [4.78, 5) is 0. The van der Waals surface area contributed by atoms with Crippen molar-refractivity contribution in [2.45, 2.75) is 38.9 Å². The Labute approximate surface area is 91.1 Å². The molecule has 2 atom stereocenters. The molecule has 0 saturated carbocycles. The molecule has 0 aromatic rings. The summed E-state index contributed by atoms with van der Waals surface area (Å²) in [6.07, 6.45) is 6.36. The average molecular weight is 212 g/mol. The van der Waals surface area contributed by atoms with E-state index in [1.54, 1.807) is 19.1 Å². The zero-order valence-electron chi connectivity index (χ0n) is 9.66. The van der Waals surface area contributed by atoms with Crippen LogP contribution in [0.4, 0.5) is 0 Å². The average Bonchev–Trinajstić information content (AvgIpc) is 2.25. The van der Waals surface area contributed by atoms with Crippen molar-refractivity contribution in [1.29, 1.82) is 0 Å². The summed E-state index contributed by atoms with van der Waals surface area (Å²) in [7, 11) is 1.44. The van der Waals surface area contributed by atoms with Gasteiger partial charge in [0.05, 0.1) is 5.92 Å². The maximum atomic E-state index is 9.96. The fourth-order valence-electron chi connectivity index (χ4n) is 1.75. The van der Waals surface area contributed by atoms with Gasteiger partial charge in [-0.25, -0.2) is 0 Å². The highest BCUT2D eigenvalue weighted by molar-refractivity contribution is 5.31. The molecule has 0 aliphatic heterocycles. The van der Waals surface area contributed by atoms with Crippen LogP contribution in [0.2, 0.25) is 0 Å². The lowest BCUT2D eigenvalue weighted by atomic mass is 9.88. The van der Waals surface area contributed by atoms with Gasteiger partial charge in [-0.3, -0.25) is 0 Å². The van der Waals surface area contributed by atoms with Gasteiger partial charge < -0.3 is 14.9 Å². The number of hydrogen-bond acceptors (Lipinski definition) is 3. The molecule has 2 unspecified atom stereocenters. The molecule has 1 aliphatic carbocycles. The van der Waals surface area contributed by atoms with E-state index in [1.807, 2.05) is 0 Å². The van der Waals surface area contributed by atoms with Gasteiger partial charge in [0.15, 0.2) is 5.79 Å². The first-order valence-electron chi connectivity index (χ1n) is 5.44. The lowest BCUT2D eigenvalue weighted by molar-refractivity contribution is -0.178. The first-order valence-corrected chi connectivity index (χ1v) is 5.44. The first kappa shape index (κ1) is 12.3. The number of unbranched alkanes of at least 4 members (excludes halogenated alkanes) is 1. The second-order valence-corrected chi connectivity index (χ2v) is 4.03. The van der Waals surface area contributed by atoms with Gasteiger partial charge in [0.1, 0.15) is 5.76 Å². The van der Waals surface area contributed by atoms with Gasteiger partial charge in [0, 0.05) is 7.11 Å². The molecule has 0 heterocycles. The fourth-order valence-corrected chi connectivity index (χ4v) is 1.75. The number of hydrogen-bond donors (Lipinski definition) is 2. The lowest BCUT2D eigenvalue weighted by Crippen LogP contribution is -2.39. The molecule has 0 fully saturated rings. The molecule has 1 aliphatic rings. The molecular formula is C12H20O3. The summed E-state index contributed by atoms with van der Waals surface area (Å²) in [5.74, 6) is -1.52. The van der Waals surface area contributed by atoms with Gasteiger partial charge in [-0.2, -0.15) is 0 Å². The van der Waals surface area contributed by atoms with Gasteiger partial charge in [0.25, 0.3) is 0 Å². The van der Waals surface area contributed by atoms with E-state index in [0.29, 0.717) is 0 Å². The topological polar surface area (TPSA) is 49.7 Å². The molecular weight excluding hydrogens is 192 g/mol. The number of aliphatic hydroxyl groups excluding tert-OH is 1. The number of allylic oxidation sites excluding steroid dienone is 2. The van der Waals surface area contributed by atoms with Crippen molar-refractivity contribution >= 4 is 0 Å². The summed E-state index contributed by atoms with van der Waals surface area (Å²) >= 11 is 0. The number of rotatable bonds is 4. The van der Waals surface area contributed by atoms with E-state index in [2.05, 4.69) is 6.92 Å². The second kappa shape index (κ2) is 4.81. The summed E-state index contributed by atoms with van der Waals surface area (Å²) in [5, 5.41) is 19.9. The van der Waals surface area contributed by atoms with Crippen molar-refractivity contribution in [2.24, 2.45) is 5.92 Å². The predicted molar refractivity (Wildman–Crippen MR) is 59.4 cm³/mol. The lowest BCUT2D eigenvalue weighted by Gasteiger charge is -2.33. The molecule has 0 saturated heterocycles. The minimum atomic E-state index is -1.36. The molecule has 0 spiro atoms. The number of ether oxygens (including phenoxy) is 1. The van der Waals surface area contributed by atoms with Crippen LogP contribution in [0.25, 0.3) is 0 Å². The molecule has 0 aromatic carbocycles. The number of aliphatic hydroxyl groups is 2. The molecule has 0 radical (unpaired) electrons. The number of methoxy groups -OCH3 is 1. The van der Waals surface area contributed by atoms with Crippen molar-refractivity contribution in [3.8, 4) is 0 Å². The highest BCUT2D eigenvalue weighted by Crippen LogP contribution is 2.33. The molecule has 0 amide bonds. The summed E-state index contributed by atoms with van der Waals surface area (Å²) in [5.41, 5.74) is 0.908. The standard InChI is InChI=1S/C12H20O3/c1-4-5-6-10-7-8-12(14,15-3)9(2)11(10)13/h7-9,13-14H,4-6H2,1-3H3. The van der Waals surface area contributed by atoms with Gasteiger partial charge in [-0.15, -0.1) is 0 Å². The molecule has 3 nitrogen and oxygen atoms in total. The quantitative estimate of drug-likeness (QED) is 0.704. The third-order valence-electron chi connectivity index (χ3n) is 3.01. The largest absolute Gasteiger partial charge is 0.512 e. The molecule has 86 valence electrons. The van der Waals surface area contributed by atoms with Crippen LogP contribution >= 0.6 is 0 Å². The minimum absolute atomic E-state index is 0.246. The Morgan fingerprint density at radius 3 is 2.73 bits per heavy atom. The van der Waals surface area contributed by atoms with Crippen LogP contribution < -0.4 is 0 Å². The van der Waals surface area contributed by atoms with Crippen LogP contribution in [0.5, 0.6) is 0 Å². The van der Waals surface area contributed by atoms with Gasteiger partial charge in [-0.05, 0) is 31.4 Å². The third kappa shape index (κ3) is 2.41. The van der Waals surface area contributed by atoms with Gasteiger partial charge in [0.2, 0.25) is 0 Å². The maximum Gasteiger partial charge on any atom is 0.195 e. The Hall–Kier alpha value is -0.800. The Morgan fingerprint density at radius 1 is 1.53 bits per heavy atom. The molecule has 3 heteroatoms. The zero-order valence-corrected chi connectivity index (χ0v) is 9.66. The Morgan fingerprint density at radius 2 is 2.20 bits per heavy atom. The minimum Gasteiger partial charge on any atom is -0.512 e.